The van der Waals surface area contributed by atoms with E-state index in [-0.39, 0.29) is 17.1 Å². The van der Waals surface area contributed by atoms with E-state index in [1.807, 2.05) is 29.8 Å². The molecule has 188 valence electrons. The predicted octanol–water partition coefficient (Wildman–Crippen LogP) is 3.86. The van der Waals surface area contributed by atoms with Gasteiger partial charge < -0.3 is 14.2 Å². The number of nitrogens with zero attached hydrogens (tertiary/aromatic N) is 5. The second kappa shape index (κ2) is 9.09. The molecular formula is C28H32FN5O2. The smallest absolute Gasteiger partial charge is 0.258 e. The zero-order valence-electron chi connectivity index (χ0n) is 20.9. The van der Waals surface area contributed by atoms with Gasteiger partial charge in [-0.3, -0.25) is 9.69 Å². The molecule has 0 N–H and O–H groups in total. The summed E-state index contributed by atoms with van der Waals surface area (Å²) in [4.78, 5) is 17.6. The largest absolute Gasteiger partial charge is 0.379 e. The number of rotatable bonds is 6. The average Bonchev–Trinajstić information content (AvgIpc) is 3.38. The second-order valence-corrected chi connectivity index (χ2v) is 10.9. The van der Waals surface area contributed by atoms with Crippen LogP contribution in [-0.4, -0.2) is 51.9 Å². The Morgan fingerprint density at radius 2 is 2.06 bits per heavy atom. The fourth-order valence-corrected chi connectivity index (χ4v) is 5.90. The molecule has 0 unspecified atom stereocenters. The quantitative estimate of drug-likeness (QED) is 0.526. The lowest BCUT2D eigenvalue weighted by Gasteiger charge is -2.41. The number of fused-ring (bicyclic) bond motifs is 1. The molecule has 2 saturated heterocycles. The zero-order chi connectivity index (χ0) is 24.9. The van der Waals surface area contributed by atoms with Crippen molar-refractivity contribution in [2.24, 2.45) is 13.0 Å². The molecule has 1 aromatic heterocycles. The van der Waals surface area contributed by atoms with E-state index >= 15 is 0 Å². The molecule has 0 saturated carbocycles. The number of carbonyl (C=O) groups excluding carboxylic acids is 1. The van der Waals surface area contributed by atoms with E-state index in [9.17, 15) is 9.18 Å². The first kappa shape index (κ1) is 23.3. The third-order valence-electron chi connectivity index (χ3n) is 7.99. The highest BCUT2D eigenvalue weighted by Gasteiger charge is 2.43. The van der Waals surface area contributed by atoms with Crippen molar-refractivity contribution in [3.05, 3.63) is 76.6 Å². The highest BCUT2D eigenvalue weighted by atomic mass is 19.1. The van der Waals surface area contributed by atoms with Crippen LogP contribution in [0, 0.1) is 11.7 Å². The van der Waals surface area contributed by atoms with Crippen molar-refractivity contribution < 1.29 is 13.9 Å². The summed E-state index contributed by atoms with van der Waals surface area (Å²) >= 11 is 0. The Morgan fingerprint density at radius 1 is 1.19 bits per heavy atom. The molecule has 0 aliphatic carbocycles. The van der Waals surface area contributed by atoms with E-state index in [2.05, 4.69) is 28.1 Å². The first-order valence-electron chi connectivity index (χ1n) is 12.8. The lowest BCUT2D eigenvalue weighted by Crippen LogP contribution is -2.49. The molecule has 36 heavy (non-hydrogen) atoms. The van der Waals surface area contributed by atoms with Gasteiger partial charge in [-0.05, 0) is 66.3 Å². The number of hydrogen-bond acceptors (Lipinski definition) is 5. The molecule has 0 radical (unpaired) electrons. The molecule has 3 aliphatic heterocycles. The van der Waals surface area contributed by atoms with Crippen molar-refractivity contribution >= 4 is 11.6 Å². The topological polar surface area (TPSA) is 63.5 Å². The van der Waals surface area contributed by atoms with Crippen LogP contribution in [0.4, 0.5) is 10.1 Å². The number of aryl methyl sites for hydroxylation is 1. The molecule has 0 bridgehead atoms. The van der Waals surface area contributed by atoms with Crippen LogP contribution in [0.15, 0.2) is 42.7 Å². The van der Waals surface area contributed by atoms with Gasteiger partial charge in [0.2, 0.25) is 0 Å². The molecule has 1 amide bonds. The minimum atomic E-state index is -0.300. The van der Waals surface area contributed by atoms with Gasteiger partial charge >= 0.3 is 0 Å². The number of amides is 1. The third-order valence-corrected chi connectivity index (χ3v) is 7.99. The first-order valence-corrected chi connectivity index (χ1v) is 12.8. The Labute approximate surface area is 210 Å². The second-order valence-electron chi connectivity index (χ2n) is 10.9. The molecule has 6 rings (SSSR count). The number of halogens is 1. The summed E-state index contributed by atoms with van der Waals surface area (Å²) in [7, 11) is 1.94. The summed E-state index contributed by atoms with van der Waals surface area (Å²) in [6.07, 6.45) is 4.82. The Balaban J connectivity index is 1.24. The van der Waals surface area contributed by atoms with Crippen LogP contribution in [0.25, 0.3) is 0 Å². The molecule has 3 aliphatic rings. The SMILES string of the molecule is C[C@H]1CCCN(Cc2cc(F)cc(N3Cc4ccc(C5(Cc6nncn6C)COC5)cc4C3=O)c2)C1. The van der Waals surface area contributed by atoms with Crippen LogP contribution in [0.2, 0.25) is 0 Å². The lowest BCUT2D eigenvalue weighted by atomic mass is 9.75. The molecule has 8 heteroatoms. The van der Waals surface area contributed by atoms with Gasteiger partial charge in [-0.15, -0.1) is 10.2 Å². The van der Waals surface area contributed by atoms with E-state index in [1.165, 1.54) is 18.9 Å². The number of aromatic nitrogens is 3. The van der Waals surface area contributed by atoms with Crippen LogP contribution in [0.5, 0.6) is 0 Å². The van der Waals surface area contributed by atoms with Gasteiger partial charge in [-0.2, -0.15) is 0 Å². The fourth-order valence-electron chi connectivity index (χ4n) is 5.90. The minimum absolute atomic E-state index is 0.0796. The summed E-state index contributed by atoms with van der Waals surface area (Å²) < 4.78 is 22.2. The Kier molecular flexibility index (Phi) is 5.88. The highest BCUT2D eigenvalue weighted by Crippen LogP contribution is 2.38. The molecule has 2 aromatic carbocycles. The summed E-state index contributed by atoms with van der Waals surface area (Å²) in [5, 5.41) is 8.26. The van der Waals surface area contributed by atoms with Crippen molar-refractivity contribution in [1.29, 1.82) is 0 Å². The average molecular weight is 490 g/mol. The summed E-state index contributed by atoms with van der Waals surface area (Å²) in [6, 6.07) is 11.2. The van der Waals surface area contributed by atoms with E-state index in [0.717, 1.165) is 35.6 Å². The zero-order valence-corrected chi connectivity index (χ0v) is 20.9. The summed E-state index contributed by atoms with van der Waals surface area (Å²) in [5.74, 6) is 1.17. The van der Waals surface area contributed by atoms with E-state index in [0.29, 0.717) is 49.9 Å². The van der Waals surface area contributed by atoms with Crippen LogP contribution >= 0.6 is 0 Å². The molecule has 1 atom stereocenters. The Hall–Kier alpha value is -3.10. The van der Waals surface area contributed by atoms with Gasteiger partial charge in [-0.25, -0.2) is 4.39 Å². The Morgan fingerprint density at radius 3 is 2.78 bits per heavy atom. The van der Waals surface area contributed by atoms with Crippen molar-refractivity contribution in [3.8, 4) is 0 Å². The first-order chi connectivity index (χ1) is 17.4. The normalized spacial score (nSPS) is 21.5. The van der Waals surface area contributed by atoms with Gasteiger partial charge in [0.15, 0.2) is 0 Å². The van der Waals surface area contributed by atoms with Crippen molar-refractivity contribution in [2.75, 3.05) is 31.2 Å². The maximum absolute atomic E-state index is 14.7. The monoisotopic (exact) mass is 489 g/mol. The molecular weight excluding hydrogens is 457 g/mol. The highest BCUT2D eigenvalue weighted by molar-refractivity contribution is 6.10. The summed E-state index contributed by atoms with van der Waals surface area (Å²) in [6.45, 7) is 6.65. The van der Waals surface area contributed by atoms with Crippen molar-refractivity contribution in [3.63, 3.8) is 0 Å². The van der Waals surface area contributed by atoms with Crippen LogP contribution in [-0.2, 0) is 36.7 Å². The van der Waals surface area contributed by atoms with Gasteiger partial charge in [0, 0.05) is 43.2 Å². The standard InChI is InChI=1S/C28H32FN5O2/c1-19-4-3-7-33(13-19)14-20-8-23(29)11-24(9-20)34-15-21-5-6-22(10-25(21)27(34)35)28(16-36-17-28)12-26-31-30-18-32(26)2/h5-6,8-11,18-19H,3-4,7,12-17H2,1-2H3/t19-/m0/s1. The number of hydrogen-bond donors (Lipinski definition) is 0. The number of piperidine rings is 1. The molecule has 7 nitrogen and oxygen atoms in total. The van der Waals surface area contributed by atoms with Gasteiger partial charge in [0.05, 0.1) is 19.8 Å². The lowest BCUT2D eigenvalue weighted by molar-refractivity contribution is -0.0611. The number of ether oxygens (including phenoxy) is 1. The number of likely N-dealkylation sites (tertiary alicyclic amines) is 1. The van der Waals surface area contributed by atoms with Crippen LogP contribution in [0.3, 0.4) is 0 Å². The maximum atomic E-state index is 14.7. The van der Waals surface area contributed by atoms with E-state index < -0.39 is 0 Å². The van der Waals surface area contributed by atoms with Crippen LogP contribution in [0.1, 0.15) is 52.6 Å². The number of benzene rings is 2. The maximum Gasteiger partial charge on any atom is 0.258 e. The van der Waals surface area contributed by atoms with Gasteiger partial charge in [-0.1, -0.05) is 19.1 Å². The van der Waals surface area contributed by atoms with Crippen molar-refractivity contribution in [1.82, 2.24) is 19.7 Å². The van der Waals surface area contributed by atoms with E-state index in [4.69, 9.17) is 4.74 Å². The van der Waals surface area contributed by atoms with Gasteiger partial charge in [0.1, 0.15) is 18.0 Å². The molecule has 2 fully saturated rings. The molecule has 3 aromatic rings. The number of anilines is 1. The fraction of sp³-hybridized carbons (Fsp3) is 0.464. The van der Waals surface area contributed by atoms with E-state index in [1.54, 1.807) is 17.3 Å². The van der Waals surface area contributed by atoms with Gasteiger partial charge in [0.25, 0.3) is 5.91 Å². The number of carbonyl (C=O) groups is 1. The minimum Gasteiger partial charge on any atom is -0.379 e. The predicted molar refractivity (Wildman–Crippen MR) is 134 cm³/mol. The van der Waals surface area contributed by atoms with Crippen LogP contribution < -0.4 is 4.90 Å². The summed E-state index contributed by atoms with van der Waals surface area (Å²) in [5.41, 5.74) is 4.04. The Bertz CT molecular complexity index is 1300. The third kappa shape index (κ3) is 4.22. The molecule has 4 heterocycles. The van der Waals surface area contributed by atoms with Crippen molar-refractivity contribution in [2.45, 2.75) is 44.7 Å². The molecule has 0 spiro atoms.